The third-order valence-corrected chi connectivity index (χ3v) is 15.6. The number of aryl methyl sites for hydroxylation is 1. The molecule has 7 rings (SSSR count). The largest absolute Gasteiger partial charge is 0.487 e. The van der Waals surface area contributed by atoms with Crippen LogP contribution in [0.25, 0.3) is 0 Å². The van der Waals surface area contributed by atoms with E-state index in [1.807, 2.05) is 37.3 Å². The Kier molecular flexibility index (Phi) is 13.1. The van der Waals surface area contributed by atoms with Crippen molar-refractivity contribution < 1.29 is 27.4 Å². The highest BCUT2D eigenvalue weighted by Crippen LogP contribution is 2.49. The second-order valence-corrected chi connectivity index (χ2v) is 20.0. The predicted octanol–water partition coefficient (Wildman–Crippen LogP) is 6.95. The summed E-state index contributed by atoms with van der Waals surface area (Å²) in [4.78, 5) is 21.3. The standard InChI is InChI=1S/C44H63ClN4O6S/c1-30(2)27-55-44(33(5)48-20-19-47-21-22-53-29-39(47)26-48)17-8-9-31(3)32(4)56(51,52)46-43(50)35-13-16-42-41(24-35)49(25-36-12-15-40(36)44)18-7-6-10-34-23-38(45)14-11-37(34)28-54-42/h8,11,13-14,16-17,23-24,30-33,36,39-40H,6-7,9-10,12,15,18-22,25-29H2,1-5H3,(H,46,50)/b17-8+/t31-,32+,33-,36-,39-,40+,44-/m0/s1. The lowest BCUT2D eigenvalue weighted by Gasteiger charge is -2.56. The van der Waals surface area contributed by atoms with Gasteiger partial charge in [-0.2, -0.15) is 0 Å². The summed E-state index contributed by atoms with van der Waals surface area (Å²) < 4.78 is 49.9. The minimum atomic E-state index is -3.98. The molecule has 3 fully saturated rings. The van der Waals surface area contributed by atoms with Gasteiger partial charge in [-0.05, 0) is 118 Å². The fourth-order valence-corrected chi connectivity index (χ4v) is 11.0. The molecular formula is C44H63ClN4O6S. The second-order valence-electron chi connectivity index (χ2n) is 17.5. The molecule has 2 bridgehead atoms. The first kappa shape index (κ1) is 41.5. The second kappa shape index (κ2) is 17.7. The Morgan fingerprint density at radius 3 is 2.62 bits per heavy atom. The number of carbonyl (C=O) groups is 1. The number of halogens is 1. The molecule has 0 aromatic heterocycles. The average Bonchev–Trinajstić information content (AvgIpc) is 3.20. The SMILES string of the molecule is CC(C)CO[C@]1([C@H](C)N2CCN3CCOC[C@@H]3C2)/C=C/C[C@H](C)[C@@H](C)S(=O)(=O)NC(=O)c2ccc3c(c2)N(CCCCc2cc(Cl)ccc2CO3)C[C@@H]2CC[C@H]21. The Morgan fingerprint density at radius 2 is 1.84 bits per heavy atom. The molecule has 2 saturated heterocycles. The average molecular weight is 812 g/mol. The predicted molar refractivity (Wildman–Crippen MR) is 223 cm³/mol. The van der Waals surface area contributed by atoms with Crippen molar-refractivity contribution in [3.63, 3.8) is 0 Å². The highest BCUT2D eigenvalue weighted by atomic mass is 35.5. The van der Waals surface area contributed by atoms with Crippen LogP contribution < -0.4 is 14.4 Å². The smallest absolute Gasteiger partial charge is 0.264 e. The Balaban J connectivity index is 1.30. The molecule has 2 aromatic carbocycles. The first-order chi connectivity index (χ1) is 26.8. The fourth-order valence-electron chi connectivity index (χ4n) is 9.56. The van der Waals surface area contributed by atoms with Crippen LogP contribution >= 0.6 is 11.6 Å². The monoisotopic (exact) mass is 810 g/mol. The molecule has 56 heavy (non-hydrogen) atoms. The van der Waals surface area contributed by atoms with Gasteiger partial charge < -0.3 is 19.1 Å². The number of morpholine rings is 1. The lowest BCUT2D eigenvalue weighted by Crippen LogP contribution is -2.66. The number of hydrogen-bond acceptors (Lipinski definition) is 9. The number of hydrogen-bond donors (Lipinski definition) is 1. The minimum absolute atomic E-state index is 0.0825. The number of allylic oxidation sites excluding steroid dienone is 1. The molecule has 10 nitrogen and oxygen atoms in total. The summed E-state index contributed by atoms with van der Waals surface area (Å²) >= 11 is 6.44. The lowest BCUT2D eigenvalue weighted by atomic mass is 9.61. The first-order valence-electron chi connectivity index (χ1n) is 21.1. The summed E-state index contributed by atoms with van der Waals surface area (Å²) in [5.74, 6) is 0.715. The van der Waals surface area contributed by atoms with Crippen LogP contribution in [0.15, 0.2) is 48.6 Å². The van der Waals surface area contributed by atoms with E-state index in [0.717, 1.165) is 101 Å². The van der Waals surface area contributed by atoms with Gasteiger partial charge in [0.2, 0.25) is 10.0 Å². The number of benzene rings is 2. The first-order valence-corrected chi connectivity index (χ1v) is 23.0. The Labute approximate surface area is 340 Å². The zero-order valence-electron chi connectivity index (χ0n) is 34.1. The molecule has 7 atom stereocenters. The van der Waals surface area contributed by atoms with Gasteiger partial charge in [0.1, 0.15) is 18.0 Å². The molecule has 1 aliphatic carbocycles. The minimum Gasteiger partial charge on any atom is -0.487 e. The topological polar surface area (TPSA) is 101 Å². The van der Waals surface area contributed by atoms with Gasteiger partial charge in [0.15, 0.2) is 0 Å². The zero-order chi connectivity index (χ0) is 39.6. The van der Waals surface area contributed by atoms with Crippen LogP contribution in [-0.4, -0.2) is 106 Å². The van der Waals surface area contributed by atoms with E-state index in [-0.39, 0.29) is 17.9 Å². The van der Waals surface area contributed by atoms with Crippen LogP contribution in [0.3, 0.4) is 0 Å². The van der Waals surface area contributed by atoms with Crippen LogP contribution in [0.1, 0.15) is 88.2 Å². The maximum Gasteiger partial charge on any atom is 0.264 e. The maximum absolute atomic E-state index is 13.8. The Bertz CT molecular complexity index is 1840. The van der Waals surface area contributed by atoms with E-state index in [2.05, 4.69) is 52.3 Å². The molecule has 12 heteroatoms. The normalized spacial score (nSPS) is 31.7. The van der Waals surface area contributed by atoms with E-state index in [1.54, 1.807) is 13.0 Å². The number of nitrogens with one attached hydrogen (secondary N) is 1. The summed E-state index contributed by atoms with van der Waals surface area (Å²) in [5, 5.41) is -0.0765. The van der Waals surface area contributed by atoms with Crippen LogP contribution in [0, 0.1) is 23.7 Å². The van der Waals surface area contributed by atoms with Crippen molar-refractivity contribution >= 4 is 33.2 Å². The molecule has 1 amide bonds. The molecule has 308 valence electrons. The van der Waals surface area contributed by atoms with Crippen molar-refractivity contribution in [2.24, 2.45) is 23.7 Å². The molecule has 4 heterocycles. The van der Waals surface area contributed by atoms with Gasteiger partial charge in [-0.1, -0.05) is 50.6 Å². The maximum atomic E-state index is 13.8. The zero-order valence-corrected chi connectivity index (χ0v) is 35.6. The van der Waals surface area contributed by atoms with Crippen molar-refractivity contribution in [1.29, 1.82) is 0 Å². The molecule has 0 unspecified atom stereocenters. The summed E-state index contributed by atoms with van der Waals surface area (Å²) in [6, 6.07) is 11.8. The van der Waals surface area contributed by atoms with Crippen molar-refractivity contribution in [3.8, 4) is 5.75 Å². The number of rotatable bonds is 5. The highest BCUT2D eigenvalue weighted by Gasteiger charge is 2.53. The molecule has 4 aliphatic heterocycles. The third-order valence-electron chi connectivity index (χ3n) is 13.4. The van der Waals surface area contributed by atoms with Gasteiger partial charge in [0.25, 0.3) is 5.91 Å². The fraction of sp³-hybridized carbons (Fsp3) is 0.659. The van der Waals surface area contributed by atoms with Crippen molar-refractivity contribution in [3.05, 3.63) is 70.3 Å². The number of ether oxygens (including phenoxy) is 3. The van der Waals surface area contributed by atoms with E-state index in [1.165, 1.54) is 5.56 Å². The summed E-state index contributed by atoms with van der Waals surface area (Å²) in [7, 11) is -3.98. The van der Waals surface area contributed by atoms with Gasteiger partial charge in [-0.3, -0.25) is 14.6 Å². The lowest BCUT2D eigenvalue weighted by molar-refractivity contribution is -0.155. The van der Waals surface area contributed by atoms with Crippen LogP contribution in [0.5, 0.6) is 5.75 Å². The number of nitrogens with zero attached hydrogens (tertiary/aromatic N) is 3. The molecule has 0 spiro atoms. The molecular weight excluding hydrogens is 748 g/mol. The van der Waals surface area contributed by atoms with Gasteiger partial charge in [0.05, 0.1) is 30.8 Å². The van der Waals surface area contributed by atoms with Gasteiger partial charge in [-0.25, -0.2) is 13.1 Å². The molecule has 1 saturated carbocycles. The van der Waals surface area contributed by atoms with Gasteiger partial charge in [-0.15, -0.1) is 0 Å². The van der Waals surface area contributed by atoms with Gasteiger partial charge >= 0.3 is 0 Å². The van der Waals surface area contributed by atoms with Crippen LogP contribution in [0.4, 0.5) is 5.69 Å². The van der Waals surface area contributed by atoms with E-state index < -0.39 is 26.8 Å². The molecule has 2 aromatic rings. The van der Waals surface area contributed by atoms with E-state index >= 15 is 0 Å². The molecule has 0 radical (unpaired) electrons. The number of amides is 1. The Hall–Kier alpha value is -2.67. The Morgan fingerprint density at radius 1 is 1.00 bits per heavy atom. The van der Waals surface area contributed by atoms with Crippen molar-refractivity contribution in [1.82, 2.24) is 14.5 Å². The third kappa shape index (κ3) is 8.98. The van der Waals surface area contributed by atoms with Crippen LogP contribution in [-0.2, 0) is 32.5 Å². The van der Waals surface area contributed by atoms with Crippen LogP contribution in [0.2, 0.25) is 5.02 Å². The summed E-state index contributed by atoms with van der Waals surface area (Å²) in [6.07, 6.45) is 9.97. The molecule has 5 aliphatic rings. The quantitative estimate of drug-likeness (QED) is 0.322. The number of piperazine rings is 1. The number of sulfonamides is 1. The van der Waals surface area contributed by atoms with E-state index in [0.29, 0.717) is 48.8 Å². The van der Waals surface area contributed by atoms with Crippen molar-refractivity contribution in [2.45, 2.75) is 103 Å². The number of carbonyl (C=O) groups excluding carboxylic acids is 1. The van der Waals surface area contributed by atoms with E-state index in [4.69, 9.17) is 25.8 Å². The van der Waals surface area contributed by atoms with Gasteiger partial charge in [0, 0.05) is 61.9 Å². The highest BCUT2D eigenvalue weighted by molar-refractivity contribution is 7.90. The summed E-state index contributed by atoms with van der Waals surface area (Å²) in [5.41, 5.74) is 2.81. The van der Waals surface area contributed by atoms with E-state index in [9.17, 15) is 13.2 Å². The number of fused-ring (bicyclic) bond motifs is 4. The summed E-state index contributed by atoms with van der Waals surface area (Å²) in [6.45, 7) is 18.4. The number of anilines is 1. The van der Waals surface area contributed by atoms with Crippen molar-refractivity contribution in [2.75, 3.05) is 64.0 Å². The molecule has 1 N–H and O–H groups in total.